The SMILES string of the molecule is CC(C)c1nc(CC(=O)Nc2cccc(Cl)c2)cs1. The second-order valence-electron chi connectivity index (χ2n) is 4.57. The van der Waals surface area contributed by atoms with Crippen LogP contribution in [0.5, 0.6) is 0 Å². The topological polar surface area (TPSA) is 42.0 Å². The monoisotopic (exact) mass is 294 g/mol. The maximum absolute atomic E-state index is 11.9. The summed E-state index contributed by atoms with van der Waals surface area (Å²) < 4.78 is 0. The Morgan fingerprint density at radius 1 is 1.47 bits per heavy atom. The predicted molar refractivity (Wildman–Crippen MR) is 80.0 cm³/mol. The largest absolute Gasteiger partial charge is 0.326 e. The first-order valence-electron chi connectivity index (χ1n) is 6.04. The highest BCUT2D eigenvalue weighted by atomic mass is 35.5. The first kappa shape index (κ1) is 14.0. The van der Waals surface area contributed by atoms with E-state index < -0.39 is 0 Å². The van der Waals surface area contributed by atoms with Gasteiger partial charge in [-0.05, 0) is 18.2 Å². The molecule has 0 saturated carbocycles. The molecule has 0 atom stereocenters. The molecule has 1 aromatic carbocycles. The third-order valence-electron chi connectivity index (χ3n) is 2.51. The lowest BCUT2D eigenvalue weighted by atomic mass is 10.2. The third kappa shape index (κ3) is 4.04. The van der Waals surface area contributed by atoms with Crippen molar-refractivity contribution in [1.29, 1.82) is 0 Å². The Morgan fingerprint density at radius 3 is 2.89 bits per heavy atom. The van der Waals surface area contributed by atoms with E-state index in [9.17, 15) is 4.79 Å². The normalized spacial score (nSPS) is 10.7. The van der Waals surface area contributed by atoms with Crippen LogP contribution in [0.3, 0.4) is 0 Å². The van der Waals surface area contributed by atoms with Crippen LogP contribution in [0.1, 0.15) is 30.5 Å². The molecule has 0 saturated heterocycles. The molecule has 0 unspecified atom stereocenters. The highest BCUT2D eigenvalue weighted by molar-refractivity contribution is 7.09. The zero-order chi connectivity index (χ0) is 13.8. The molecule has 3 nitrogen and oxygen atoms in total. The van der Waals surface area contributed by atoms with Gasteiger partial charge in [-0.1, -0.05) is 31.5 Å². The Labute approximate surface area is 121 Å². The molecule has 2 rings (SSSR count). The van der Waals surface area contributed by atoms with Crippen LogP contribution in [-0.2, 0) is 11.2 Å². The number of benzene rings is 1. The van der Waals surface area contributed by atoms with E-state index in [-0.39, 0.29) is 12.3 Å². The van der Waals surface area contributed by atoms with Gasteiger partial charge in [0.25, 0.3) is 0 Å². The first-order valence-corrected chi connectivity index (χ1v) is 7.30. The van der Waals surface area contributed by atoms with Crippen LogP contribution in [0, 0.1) is 0 Å². The number of rotatable bonds is 4. The van der Waals surface area contributed by atoms with E-state index in [0.717, 1.165) is 10.7 Å². The summed E-state index contributed by atoms with van der Waals surface area (Å²) >= 11 is 7.46. The van der Waals surface area contributed by atoms with Crippen molar-refractivity contribution in [1.82, 2.24) is 4.98 Å². The molecule has 1 amide bonds. The fourth-order valence-corrected chi connectivity index (χ4v) is 2.63. The van der Waals surface area contributed by atoms with E-state index in [2.05, 4.69) is 24.1 Å². The smallest absolute Gasteiger partial charge is 0.230 e. The van der Waals surface area contributed by atoms with E-state index in [0.29, 0.717) is 16.6 Å². The molecular formula is C14H15ClN2OS. The van der Waals surface area contributed by atoms with Crippen molar-refractivity contribution in [3.05, 3.63) is 45.4 Å². The molecule has 0 aliphatic carbocycles. The van der Waals surface area contributed by atoms with Gasteiger partial charge in [-0.15, -0.1) is 11.3 Å². The Kier molecular flexibility index (Phi) is 4.56. The standard InChI is InChI=1S/C14H15ClN2OS/c1-9(2)14-17-12(8-19-14)7-13(18)16-11-5-3-4-10(15)6-11/h3-6,8-9H,7H2,1-2H3,(H,16,18). The van der Waals surface area contributed by atoms with Gasteiger partial charge in [0, 0.05) is 22.0 Å². The average molecular weight is 295 g/mol. The molecule has 0 aliphatic rings. The Bertz CT molecular complexity index is 580. The van der Waals surface area contributed by atoms with Crippen LogP contribution in [0.15, 0.2) is 29.6 Å². The minimum atomic E-state index is -0.0807. The van der Waals surface area contributed by atoms with Crippen LogP contribution in [0.25, 0.3) is 0 Å². The van der Waals surface area contributed by atoms with E-state index >= 15 is 0 Å². The van der Waals surface area contributed by atoms with Crippen molar-refractivity contribution in [3.8, 4) is 0 Å². The first-order chi connectivity index (χ1) is 9.04. The predicted octanol–water partition coefficient (Wildman–Crippen LogP) is 4.10. The number of anilines is 1. The number of hydrogen-bond acceptors (Lipinski definition) is 3. The summed E-state index contributed by atoms with van der Waals surface area (Å²) in [7, 11) is 0. The highest BCUT2D eigenvalue weighted by Gasteiger charge is 2.10. The lowest BCUT2D eigenvalue weighted by Crippen LogP contribution is -2.14. The van der Waals surface area contributed by atoms with Crippen molar-refractivity contribution in [2.24, 2.45) is 0 Å². The van der Waals surface area contributed by atoms with Gasteiger partial charge in [0.1, 0.15) is 0 Å². The maximum atomic E-state index is 11.9. The Balaban J connectivity index is 1.97. The summed E-state index contributed by atoms with van der Waals surface area (Å²) in [6.07, 6.45) is 0.287. The number of aromatic nitrogens is 1. The summed E-state index contributed by atoms with van der Waals surface area (Å²) in [6.45, 7) is 4.18. The summed E-state index contributed by atoms with van der Waals surface area (Å²) in [5.41, 5.74) is 1.52. The number of carbonyl (C=O) groups is 1. The lowest BCUT2D eigenvalue weighted by Gasteiger charge is -2.04. The number of nitrogens with zero attached hydrogens (tertiary/aromatic N) is 1. The summed E-state index contributed by atoms with van der Waals surface area (Å²) in [4.78, 5) is 16.3. The number of nitrogens with one attached hydrogen (secondary N) is 1. The maximum Gasteiger partial charge on any atom is 0.230 e. The van der Waals surface area contributed by atoms with Crippen molar-refractivity contribution in [3.63, 3.8) is 0 Å². The van der Waals surface area contributed by atoms with E-state index in [1.54, 1.807) is 29.5 Å². The van der Waals surface area contributed by atoms with Crippen molar-refractivity contribution < 1.29 is 4.79 Å². The summed E-state index contributed by atoms with van der Waals surface area (Å²) in [5.74, 6) is 0.317. The van der Waals surface area contributed by atoms with Crippen LogP contribution < -0.4 is 5.32 Å². The molecule has 0 radical (unpaired) electrons. The molecule has 2 aromatic rings. The summed E-state index contributed by atoms with van der Waals surface area (Å²) in [6, 6.07) is 7.11. The Morgan fingerprint density at radius 2 is 2.26 bits per heavy atom. The Hall–Kier alpha value is -1.39. The van der Waals surface area contributed by atoms with Crippen LogP contribution >= 0.6 is 22.9 Å². The molecule has 0 bridgehead atoms. The average Bonchev–Trinajstić information content (AvgIpc) is 2.77. The zero-order valence-electron chi connectivity index (χ0n) is 10.8. The molecule has 100 valence electrons. The molecule has 1 aromatic heterocycles. The third-order valence-corrected chi connectivity index (χ3v) is 3.94. The lowest BCUT2D eigenvalue weighted by molar-refractivity contribution is -0.115. The number of hydrogen-bond donors (Lipinski definition) is 1. The number of carbonyl (C=O) groups excluding carboxylic acids is 1. The molecule has 1 N–H and O–H groups in total. The molecule has 19 heavy (non-hydrogen) atoms. The minimum absolute atomic E-state index is 0.0807. The van der Waals surface area contributed by atoms with Gasteiger partial charge in [0.15, 0.2) is 0 Å². The van der Waals surface area contributed by atoms with Gasteiger partial charge in [-0.25, -0.2) is 4.98 Å². The fraction of sp³-hybridized carbons (Fsp3) is 0.286. The highest BCUT2D eigenvalue weighted by Crippen LogP contribution is 2.20. The van der Waals surface area contributed by atoms with E-state index in [4.69, 9.17) is 11.6 Å². The van der Waals surface area contributed by atoms with Crippen LogP contribution in [-0.4, -0.2) is 10.9 Å². The molecule has 0 fully saturated rings. The van der Waals surface area contributed by atoms with Gasteiger partial charge < -0.3 is 5.32 Å². The van der Waals surface area contributed by atoms with E-state index in [1.165, 1.54) is 0 Å². The van der Waals surface area contributed by atoms with Crippen molar-refractivity contribution >= 4 is 34.5 Å². The van der Waals surface area contributed by atoms with E-state index in [1.807, 2.05) is 11.4 Å². The fourth-order valence-electron chi connectivity index (χ4n) is 1.60. The molecule has 0 aliphatic heterocycles. The van der Waals surface area contributed by atoms with Gasteiger partial charge in [0.2, 0.25) is 5.91 Å². The van der Waals surface area contributed by atoms with Gasteiger partial charge >= 0.3 is 0 Å². The molecular weight excluding hydrogens is 280 g/mol. The minimum Gasteiger partial charge on any atom is -0.326 e. The van der Waals surface area contributed by atoms with Gasteiger partial charge in [-0.2, -0.15) is 0 Å². The number of halogens is 1. The quantitative estimate of drug-likeness (QED) is 0.922. The second-order valence-corrected chi connectivity index (χ2v) is 5.89. The number of amides is 1. The number of thiazole rings is 1. The van der Waals surface area contributed by atoms with Gasteiger partial charge in [-0.3, -0.25) is 4.79 Å². The molecule has 5 heteroatoms. The van der Waals surface area contributed by atoms with Crippen molar-refractivity contribution in [2.45, 2.75) is 26.2 Å². The summed E-state index contributed by atoms with van der Waals surface area (Å²) in [5, 5.41) is 6.41. The van der Waals surface area contributed by atoms with Crippen molar-refractivity contribution in [2.75, 3.05) is 5.32 Å². The second kappa shape index (κ2) is 6.17. The molecule has 1 heterocycles. The molecule has 0 spiro atoms. The zero-order valence-corrected chi connectivity index (χ0v) is 12.4. The van der Waals surface area contributed by atoms with Gasteiger partial charge in [0.05, 0.1) is 17.1 Å². The van der Waals surface area contributed by atoms with Crippen LogP contribution in [0.2, 0.25) is 5.02 Å². The van der Waals surface area contributed by atoms with Crippen LogP contribution in [0.4, 0.5) is 5.69 Å².